The summed E-state index contributed by atoms with van der Waals surface area (Å²) in [4.78, 5) is 17.3. The number of rotatable bonds is 3. The van der Waals surface area contributed by atoms with Gasteiger partial charge < -0.3 is 5.32 Å². The number of hydrogen-bond donors (Lipinski definition) is 2. The molecular weight excluding hydrogens is 280 g/mol. The molecule has 2 aromatic carbocycles. The molecule has 0 bridgehead atoms. The number of pyridine rings is 1. The SMILES string of the molecule is O=C(Cc1ccccc1)Nc1ccc(S)c2ncccc12. The fraction of sp³-hybridized carbons (Fsp3) is 0.0588. The molecule has 0 unspecified atom stereocenters. The fourth-order valence-electron chi connectivity index (χ4n) is 2.24. The van der Waals surface area contributed by atoms with Crippen molar-refractivity contribution in [3.05, 3.63) is 66.4 Å². The lowest BCUT2D eigenvalue weighted by molar-refractivity contribution is -0.115. The molecule has 1 N–H and O–H groups in total. The van der Waals surface area contributed by atoms with Crippen LogP contribution < -0.4 is 5.32 Å². The number of nitrogens with zero attached hydrogens (tertiary/aromatic N) is 1. The van der Waals surface area contributed by atoms with Crippen molar-refractivity contribution >= 4 is 35.1 Å². The average molecular weight is 294 g/mol. The summed E-state index contributed by atoms with van der Waals surface area (Å²) in [5.74, 6) is -0.0433. The van der Waals surface area contributed by atoms with Crippen molar-refractivity contribution in [2.24, 2.45) is 0 Å². The number of carbonyl (C=O) groups excluding carboxylic acids is 1. The maximum absolute atomic E-state index is 12.2. The predicted molar refractivity (Wildman–Crippen MR) is 87.8 cm³/mol. The summed E-state index contributed by atoms with van der Waals surface area (Å²) in [5, 5.41) is 3.84. The second kappa shape index (κ2) is 5.97. The third kappa shape index (κ3) is 3.06. The first-order valence-electron chi connectivity index (χ1n) is 6.64. The van der Waals surface area contributed by atoms with Crippen LogP contribution in [-0.4, -0.2) is 10.9 Å². The molecule has 0 aliphatic rings. The number of aromatic nitrogens is 1. The standard InChI is InChI=1S/C17H14N2OS/c20-16(11-12-5-2-1-3-6-12)19-14-8-9-15(21)17-13(14)7-4-10-18-17/h1-10,21H,11H2,(H,19,20). The van der Waals surface area contributed by atoms with Crippen LogP contribution >= 0.6 is 12.6 Å². The van der Waals surface area contributed by atoms with E-state index in [9.17, 15) is 4.79 Å². The molecule has 3 aromatic rings. The molecule has 0 radical (unpaired) electrons. The summed E-state index contributed by atoms with van der Waals surface area (Å²) in [6.07, 6.45) is 2.07. The van der Waals surface area contributed by atoms with Gasteiger partial charge in [-0.3, -0.25) is 9.78 Å². The highest BCUT2D eigenvalue weighted by molar-refractivity contribution is 7.80. The van der Waals surface area contributed by atoms with Gasteiger partial charge in [-0.2, -0.15) is 0 Å². The van der Waals surface area contributed by atoms with Gasteiger partial charge in [-0.15, -0.1) is 12.6 Å². The number of benzene rings is 2. The number of nitrogens with one attached hydrogen (secondary N) is 1. The van der Waals surface area contributed by atoms with Crippen LogP contribution in [0, 0.1) is 0 Å². The number of carbonyl (C=O) groups is 1. The minimum atomic E-state index is -0.0433. The van der Waals surface area contributed by atoms with Gasteiger partial charge in [0.05, 0.1) is 17.6 Å². The van der Waals surface area contributed by atoms with Crippen molar-refractivity contribution < 1.29 is 4.79 Å². The van der Waals surface area contributed by atoms with E-state index in [-0.39, 0.29) is 5.91 Å². The predicted octanol–water partition coefficient (Wildman–Crippen LogP) is 3.70. The highest BCUT2D eigenvalue weighted by Crippen LogP contribution is 2.27. The molecule has 0 aliphatic carbocycles. The summed E-state index contributed by atoms with van der Waals surface area (Å²) in [6, 6.07) is 17.2. The van der Waals surface area contributed by atoms with E-state index in [0.29, 0.717) is 6.42 Å². The molecule has 0 saturated heterocycles. The smallest absolute Gasteiger partial charge is 0.228 e. The van der Waals surface area contributed by atoms with Crippen molar-refractivity contribution in [2.75, 3.05) is 5.32 Å². The Labute approximate surface area is 128 Å². The third-order valence-corrected chi connectivity index (χ3v) is 3.59. The topological polar surface area (TPSA) is 42.0 Å². The summed E-state index contributed by atoms with van der Waals surface area (Å²) < 4.78 is 0. The zero-order valence-corrected chi connectivity index (χ0v) is 12.2. The van der Waals surface area contributed by atoms with Crippen molar-refractivity contribution in [3.8, 4) is 0 Å². The molecule has 0 atom stereocenters. The van der Waals surface area contributed by atoms with Crippen molar-refractivity contribution in [1.29, 1.82) is 0 Å². The Morgan fingerprint density at radius 1 is 1.05 bits per heavy atom. The monoisotopic (exact) mass is 294 g/mol. The second-order valence-corrected chi connectivity index (χ2v) is 5.22. The molecule has 104 valence electrons. The van der Waals surface area contributed by atoms with Gasteiger partial charge >= 0.3 is 0 Å². The Morgan fingerprint density at radius 2 is 1.86 bits per heavy atom. The van der Waals surface area contributed by atoms with Crippen LogP contribution in [0.4, 0.5) is 5.69 Å². The number of hydrogen-bond acceptors (Lipinski definition) is 3. The van der Waals surface area contributed by atoms with E-state index in [2.05, 4.69) is 22.9 Å². The molecule has 1 heterocycles. The largest absolute Gasteiger partial charge is 0.325 e. The highest BCUT2D eigenvalue weighted by atomic mass is 32.1. The Kier molecular flexibility index (Phi) is 3.88. The van der Waals surface area contributed by atoms with Crippen LogP contribution in [0.15, 0.2) is 65.7 Å². The molecule has 0 saturated carbocycles. The molecule has 1 aromatic heterocycles. The van der Waals surface area contributed by atoms with E-state index in [4.69, 9.17) is 0 Å². The molecule has 3 rings (SSSR count). The van der Waals surface area contributed by atoms with Crippen LogP contribution in [0.3, 0.4) is 0 Å². The zero-order chi connectivity index (χ0) is 14.7. The summed E-state index contributed by atoms with van der Waals surface area (Å²) in [7, 11) is 0. The zero-order valence-electron chi connectivity index (χ0n) is 11.3. The first kappa shape index (κ1) is 13.6. The van der Waals surface area contributed by atoms with Gasteiger partial charge in [0.25, 0.3) is 0 Å². The van der Waals surface area contributed by atoms with Crippen LogP contribution in [0.2, 0.25) is 0 Å². The summed E-state index contributed by atoms with van der Waals surface area (Å²) >= 11 is 4.39. The first-order chi connectivity index (χ1) is 10.2. The lowest BCUT2D eigenvalue weighted by atomic mass is 10.1. The van der Waals surface area contributed by atoms with Crippen molar-refractivity contribution in [2.45, 2.75) is 11.3 Å². The minimum Gasteiger partial charge on any atom is -0.325 e. The van der Waals surface area contributed by atoms with Crippen LogP contribution in [-0.2, 0) is 11.2 Å². The van der Waals surface area contributed by atoms with Gasteiger partial charge in [-0.1, -0.05) is 30.3 Å². The number of fused-ring (bicyclic) bond motifs is 1. The van der Waals surface area contributed by atoms with Gasteiger partial charge in [-0.25, -0.2) is 0 Å². The molecular formula is C17H14N2OS. The van der Waals surface area contributed by atoms with E-state index in [0.717, 1.165) is 27.0 Å². The highest BCUT2D eigenvalue weighted by Gasteiger charge is 2.08. The van der Waals surface area contributed by atoms with Gasteiger partial charge in [0, 0.05) is 16.5 Å². The van der Waals surface area contributed by atoms with Crippen LogP contribution in [0.1, 0.15) is 5.56 Å². The molecule has 0 aliphatic heterocycles. The van der Waals surface area contributed by atoms with Crippen LogP contribution in [0.25, 0.3) is 10.9 Å². The number of thiol groups is 1. The van der Waals surface area contributed by atoms with E-state index in [1.165, 1.54) is 0 Å². The maximum atomic E-state index is 12.2. The van der Waals surface area contributed by atoms with Gasteiger partial charge in [0.2, 0.25) is 5.91 Å². The Bertz CT molecular complexity index is 787. The normalized spacial score (nSPS) is 10.5. The quantitative estimate of drug-likeness (QED) is 0.723. The van der Waals surface area contributed by atoms with E-state index >= 15 is 0 Å². The summed E-state index contributed by atoms with van der Waals surface area (Å²) in [6.45, 7) is 0. The first-order valence-corrected chi connectivity index (χ1v) is 7.09. The Morgan fingerprint density at radius 3 is 2.67 bits per heavy atom. The molecule has 3 nitrogen and oxygen atoms in total. The molecule has 0 fully saturated rings. The van der Waals surface area contributed by atoms with E-state index in [1.54, 1.807) is 6.20 Å². The average Bonchev–Trinajstić information content (AvgIpc) is 2.51. The van der Waals surface area contributed by atoms with Gasteiger partial charge in [0.15, 0.2) is 0 Å². The van der Waals surface area contributed by atoms with Gasteiger partial charge in [-0.05, 0) is 29.8 Å². The number of anilines is 1. The minimum absolute atomic E-state index is 0.0433. The lowest BCUT2D eigenvalue weighted by Crippen LogP contribution is -2.14. The Hall–Kier alpha value is -2.33. The van der Waals surface area contributed by atoms with Crippen LogP contribution in [0.5, 0.6) is 0 Å². The van der Waals surface area contributed by atoms with E-state index in [1.807, 2.05) is 54.6 Å². The summed E-state index contributed by atoms with van der Waals surface area (Å²) in [5.41, 5.74) is 2.54. The fourth-order valence-corrected chi connectivity index (χ4v) is 2.50. The molecule has 1 amide bonds. The number of amides is 1. The molecule has 0 spiro atoms. The Balaban J connectivity index is 1.85. The second-order valence-electron chi connectivity index (χ2n) is 4.74. The van der Waals surface area contributed by atoms with Crippen molar-refractivity contribution in [1.82, 2.24) is 4.98 Å². The van der Waals surface area contributed by atoms with E-state index < -0.39 is 0 Å². The molecule has 4 heteroatoms. The molecule has 21 heavy (non-hydrogen) atoms. The van der Waals surface area contributed by atoms with Crippen molar-refractivity contribution in [3.63, 3.8) is 0 Å². The third-order valence-electron chi connectivity index (χ3n) is 3.23. The maximum Gasteiger partial charge on any atom is 0.228 e. The van der Waals surface area contributed by atoms with Gasteiger partial charge in [0.1, 0.15) is 0 Å². The lowest BCUT2D eigenvalue weighted by Gasteiger charge is -2.09.